The van der Waals surface area contributed by atoms with E-state index in [0.717, 1.165) is 5.56 Å². The van der Waals surface area contributed by atoms with E-state index >= 15 is 0 Å². The minimum absolute atomic E-state index is 0.0680. The predicted octanol–water partition coefficient (Wildman–Crippen LogP) is 3.10. The Morgan fingerprint density at radius 3 is 2.51 bits per heavy atom. The van der Waals surface area contributed by atoms with Gasteiger partial charge in [-0.2, -0.15) is 9.57 Å². The second-order valence-corrected chi connectivity index (χ2v) is 11.6. The van der Waals surface area contributed by atoms with Crippen LogP contribution in [0, 0.1) is 16.7 Å². The summed E-state index contributed by atoms with van der Waals surface area (Å²) < 4.78 is 39.9. The van der Waals surface area contributed by atoms with Crippen LogP contribution in [0.25, 0.3) is 0 Å². The normalized spacial score (nSPS) is 15.4. The van der Waals surface area contributed by atoms with E-state index in [2.05, 4.69) is 6.07 Å². The molecule has 1 aliphatic rings. The van der Waals surface area contributed by atoms with Gasteiger partial charge in [0.2, 0.25) is 10.0 Å². The summed E-state index contributed by atoms with van der Waals surface area (Å²) >= 11 is 0. The van der Waals surface area contributed by atoms with E-state index in [0.29, 0.717) is 50.4 Å². The van der Waals surface area contributed by atoms with Crippen molar-refractivity contribution < 1.29 is 23.0 Å². The van der Waals surface area contributed by atoms with Gasteiger partial charge >= 0.3 is 0 Å². The molecule has 2 aromatic rings. The van der Waals surface area contributed by atoms with Crippen molar-refractivity contribution >= 4 is 10.0 Å². The monoisotopic (exact) mass is 501 g/mol. The SMILES string of the molecule is CC(C)(CCCC#N)CN(CC(O)C(N)Cc1ccccc1)S(=O)(=O)c1ccc2c(c1)OCCO2. The van der Waals surface area contributed by atoms with Crippen molar-refractivity contribution in [3.05, 3.63) is 54.1 Å². The third kappa shape index (κ3) is 7.42. The zero-order valence-electron chi connectivity index (χ0n) is 20.4. The van der Waals surface area contributed by atoms with Crippen LogP contribution in [0.1, 0.15) is 38.7 Å². The van der Waals surface area contributed by atoms with Crippen LogP contribution in [0.3, 0.4) is 0 Å². The molecule has 8 nitrogen and oxygen atoms in total. The van der Waals surface area contributed by atoms with Gasteiger partial charge in [0.25, 0.3) is 0 Å². The van der Waals surface area contributed by atoms with Crippen molar-refractivity contribution in [3.63, 3.8) is 0 Å². The summed E-state index contributed by atoms with van der Waals surface area (Å²) in [7, 11) is -3.98. The molecule has 0 aromatic heterocycles. The highest BCUT2D eigenvalue weighted by Gasteiger charge is 2.34. The summed E-state index contributed by atoms with van der Waals surface area (Å²) in [6.07, 6.45) is 1.09. The fraction of sp³-hybridized carbons (Fsp3) is 0.500. The Morgan fingerprint density at radius 1 is 1.14 bits per heavy atom. The highest BCUT2D eigenvalue weighted by atomic mass is 32.2. The van der Waals surface area contributed by atoms with Crippen molar-refractivity contribution in [2.75, 3.05) is 26.3 Å². The molecule has 0 saturated heterocycles. The molecule has 1 aliphatic heterocycles. The molecule has 0 radical (unpaired) electrons. The standard InChI is InChI=1S/C26H35N3O5S/c1-26(2,12-6-7-13-27)19-29(18-23(30)22(28)16-20-8-4-3-5-9-20)35(31,32)21-10-11-24-25(17-21)34-15-14-33-24/h3-5,8-11,17,22-23,30H,6-7,12,14-16,18-19,28H2,1-2H3. The van der Waals surface area contributed by atoms with Gasteiger partial charge in [-0.15, -0.1) is 0 Å². The maximum absolute atomic E-state index is 13.8. The number of sulfonamides is 1. The second kappa shape index (κ2) is 11.9. The Hall–Kier alpha value is -2.64. The first kappa shape index (κ1) is 27.0. The molecule has 9 heteroatoms. The van der Waals surface area contributed by atoms with Crippen molar-refractivity contribution in [1.82, 2.24) is 4.31 Å². The van der Waals surface area contributed by atoms with Crippen LogP contribution < -0.4 is 15.2 Å². The number of aliphatic hydroxyl groups excluding tert-OH is 1. The van der Waals surface area contributed by atoms with Crippen molar-refractivity contribution in [3.8, 4) is 17.6 Å². The fourth-order valence-electron chi connectivity index (χ4n) is 4.15. The zero-order valence-corrected chi connectivity index (χ0v) is 21.2. The van der Waals surface area contributed by atoms with Gasteiger partial charge in [0.05, 0.1) is 17.1 Å². The molecule has 2 aromatic carbocycles. The Labute approximate surface area is 208 Å². The summed E-state index contributed by atoms with van der Waals surface area (Å²) in [6.45, 7) is 4.71. The molecule has 0 amide bonds. The van der Waals surface area contributed by atoms with Crippen molar-refractivity contribution in [2.45, 2.75) is 56.6 Å². The maximum Gasteiger partial charge on any atom is 0.243 e. The second-order valence-electron chi connectivity index (χ2n) is 9.70. The van der Waals surface area contributed by atoms with Gasteiger partial charge in [0.15, 0.2) is 11.5 Å². The lowest BCUT2D eigenvalue weighted by Crippen LogP contribution is -2.49. The predicted molar refractivity (Wildman–Crippen MR) is 134 cm³/mol. The molecule has 0 saturated carbocycles. The van der Waals surface area contributed by atoms with Crippen LogP contribution in [-0.2, 0) is 16.4 Å². The van der Waals surface area contributed by atoms with E-state index in [4.69, 9.17) is 20.5 Å². The van der Waals surface area contributed by atoms with E-state index in [9.17, 15) is 13.5 Å². The molecule has 2 atom stereocenters. The van der Waals surface area contributed by atoms with Crippen molar-refractivity contribution in [2.24, 2.45) is 11.1 Å². The Balaban J connectivity index is 1.84. The van der Waals surface area contributed by atoms with Crippen LogP contribution in [0.4, 0.5) is 0 Å². The van der Waals surface area contributed by atoms with Crippen LogP contribution in [0.15, 0.2) is 53.4 Å². The highest BCUT2D eigenvalue weighted by molar-refractivity contribution is 7.89. The lowest BCUT2D eigenvalue weighted by Gasteiger charge is -2.34. The topological polar surface area (TPSA) is 126 Å². The lowest BCUT2D eigenvalue weighted by atomic mass is 9.87. The first-order valence-corrected chi connectivity index (χ1v) is 13.3. The average molecular weight is 502 g/mol. The minimum atomic E-state index is -3.98. The van der Waals surface area contributed by atoms with Crippen molar-refractivity contribution in [1.29, 1.82) is 5.26 Å². The van der Waals surface area contributed by atoms with Gasteiger partial charge in [0, 0.05) is 31.6 Å². The van der Waals surface area contributed by atoms with Gasteiger partial charge in [-0.1, -0.05) is 44.2 Å². The maximum atomic E-state index is 13.8. The Morgan fingerprint density at radius 2 is 1.83 bits per heavy atom. The number of aliphatic hydroxyl groups is 1. The number of ether oxygens (including phenoxy) is 2. The molecule has 0 fully saturated rings. The van der Waals surface area contributed by atoms with E-state index in [1.807, 2.05) is 44.2 Å². The number of hydrogen-bond acceptors (Lipinski definition) is 7. The molecular formula is C26H35N3O5S. The lowest BCUT2D eigenvalue weighted by molar-refractivity contribution is 0.106. The number of hydrogen-bond donors (Lipinski definition) is 2. The molecule has 2 unspecified atom stereocenters. The van der Waals surface area contributed by atoms with Crippen LogP contribution in [0.5, 0.6) is 11.5 Å². The van der Waals surface area contributed by atoms with Gasteiger partial charge in [-0.3, -0.25) is 0 Å². The summed E-state index contributed by atoms with van der Waals surface area (Å²) in [5, 5.41) is 19.8. The number of nitriles is 1. The summed E-state index contributed by atoms with van der Waals surface area (Å²) in [5.41, 5.74) is 6.84. The molecule has 0 aliphatic carbocycles. The highest BCUT2D eigenvalue weighted by Crippen LogP contribution is 2.34. The smallest absolute Gasteiger partial charge is 0.243 e. The number of nitrogens with two attached hydrogens (primary N) is 1. The van der Waals surface area contributed by atoms with E-state index < -0.39 is 27.6 Å². The number of unbranched alkanes of at least 4 members (excludes halogenated alkanes) is 1. The number of nitrogens with zero attached hydrogens (tertiary/aromatic N) is 2. The third-order valence-electron chi connectivity index (χ3n) is 6.10. The summed E-state index contributed by atoms with van der Waals surface area (Å²) in [4.78, 5) is 0.0680. The van der Waals surface area contributed by atoms with E-state index in [-0.39, 0.29) is 18.0 Å². The Kier molecular flexibility index (Phi) is 9.14. The van der Waals surface area contributed by atoms with Gasteiger partial charge in [0.1, 0.15) is 13.2 Å². The molecule has 35 heavy (non-hydrogen) atoms. The largest absolute Gasteiger partial charge is 0.486 e. The van der Waals surface area contributed by atoms with Crippen LogP contribution in [0.2, 0.25) is 0 Å². The molecule has 190 valence electrons. The Bertz CT molecular complexity index is 1120. The van der Waals surface area contributed by atoms with Crippen LogP contribution >= 0.6 is 0 Å². The van der Waals surface area contributed by atoms with Crippen LogP contribution in [-0.4, -0.2) is 56.3 Å². The number of rotatable bonds is 12. The summed E-state index contributed by atoms with van der Waals surface area (Å²) in [5.74, 6) is 0.885. The molecule has 3 rings (SSSR count). The number of fused-ring (bicyclic) bond motifs is 1. The average Bonchev–Trinajstić information content (AvgIpc) is 2.83. The quantitative estimate of drug-likeness (QED) is 0.428. The van der Waals surface area contributed by atoms with Gasteiger partial charge in [-0.05, 0) is 42.4 Å². The molecule has 1 heterocycles. The van der Waals surface area contributed by atoms with E-state index in [1.54, 1.807) is 6.07 Å². The number of benzene rings is 2. The molecule has 0 spiro atoms. The fourth-order valence-corrected chi connectivity index (χ4v) is 5.81. The third-order valence-corrected chi connectivity index (χ3v) is 7.90. The first-order valence-electron chi connectivity index (χ1n) is 11.9. The molecule has 3 N–H and O–H groups in total. The summed E-state index contributed by atoms with van der Waals surface area (Å²) in [6, 6.07) is 15.6. The first-order chi connectivity index (χ1) is 16.6. The molecular weight excluding hydrogens is 466 g/mol. The van der Waals surface area contributed by atoms with Gasteiger partial charge < -0.3 is 20.3 Å². The molecule has 0 bridgehead atoms. The van der Waals surface area contributed by atoms with Gasteiger partial charge in [-0.25, -0.2) is 8.42 Å². The minimum Gasteiger partial charge on any atom is -0.486 e. The zero-order chi connectivity index (χ0) is 25.5. The van der Waals surface area contributed by atoms with E-state index in [1.165, 1.54) is 16.4 Å².